The fraction of sp³-hybridized carbons (Fsp3) is 0.320. The molecule has 1 aliphatic heterocycles. The molecule has 1 unspecified atom stereocenters. The second-order valence-electron chi connectivity index (χ2n) is 8.78. The Bertz CT molecular complexity index is 1500. The molecule has 0 aliphatic carbocycles. The quantitative estimate of drug-likeness (QED) is 0.394. The number of fused-ring (bicyclic) bond motifs is 2. The van der Waals surface area contributed by atoms with Crippen LogP contribution >= 0.6 is 0 Å². The Morgan fingerprint density at radius 2 is 1.97 bits per heavy atom. The number of aryl methyl sites for hydroxylation is 1. The number of piperidine rings is 1. The van der Waals surface area contributed by atoms with Gasteiger partial charge in [-0.3, -0.25) is 4.98 Å². The highest BCUT2D eigenvalue weighted by Crippen LogP contribution is 2.40. The van der Waals surface area contributed by atoms with Gasteiger partial charge >= 0.3 is 6.01 Å². The molecule has 1 fully saturated rings. The van der Waals surface area contributed by atoms with E-state index in [0.717, 1.165) is 4.90 Å². The monoisotopic (exact) mass is 502 g/mol. The molecule has 188 valence electrons. The number of halogens is 4. The van der Waals surface area contributed by atoms with Crippen LogP contribution in [0.25, 0.3) is 32.9 Å². The highest BCUT2D eigenvalue weighted by atomic mass is 19.3. The molecule has 0 saturated carbocycles. The van der Waals surface area contributed by atoms with E-state index in [4.69, 9.17) is 4.74 Å². The molecular weight excluding hydrogens is 480 g/mol. The van der Waals surface area contributed by atoms with Gasteiger partial charge in [0.1, 0.15) is 28.6 Å². The number of ether oxygens (including phenoxy) is 1. The number of nitrogens with zero attached hydrogens (tertiary/aromatic N) is 4. The number of anilines is 1. The fourth-order valence-corrected chi connectivity index (χ4v) is 4.81. The Labute approximate surface area is 203 Å². The van der Waals surface area contributed by atoms with E-state index in [1.54, 1.807) is 6.92 Å². The zero-order chi connectivity index (χ0) is 25.8. The van der Waals surface area contributed by atoms with Crippen LogP contribution in [-0.2, 0) is 6.42 Å². The van der Waals surface area contributed by atoms with E-state index in [2.05, 4.69) is 15.0 Å². The van der Waals surface area contributed by atoms with Crippen molar-refractivity contribution in [1.29, 1.82) is 0 Å². The second kappa shape index (κ2) is 8.74. The summed E-state index contributed by atoms with van der Waals surface area (Å²) in [5, 5.41) is 21.2. The number of phenolic OH excluding ortho intramolecular Hbond substituents is 1. The van der Waals surface area contributed by atoms with Crippen molar-refractivity contribution in [2.24, 2.45) is 0 Å². The highest BCUT2D eigenvalue weighted by Gasteiger charge is 2.41. The number of aliphatic hydroxyl groups excluding tert-OH is 1. The first-order valence-electron chi connectivity index (χ1n) is 11.3. The number of hydrogen-bond acceptors (Lipinski definition) is 7. The van der Waals surface area contributed by atoms with Gasteiger partial charge in [-0.05, 0) is 41.0 Å². The lowest BCUT2D eigenvalue weighted by Gasteiger charge is -2.36. The van der Waals surface area contributed by atoms with E-state index in [0.29, 0.717) is 22.8 Å². The summed E-state index contributed by atoms with van der Waals surface area (Å²) in [6, 6.07) is 5.23. The molecule has 0 amide bonds. The van der Waals surface area contributed by atoms with Crippen molar-refractivity contribution >= 4 is 27.5 Å². The van der Waals surface area contributed by atoms with Crippen LogP contribution in [0, 0.1) is 11.6 Å². The maximum Gasteiger partial charge on any atom is 0.318 e. The fourth-order valence-electron chi connectivity index (χ4n) is 4.81. The zero-order valence-corrected chi connectivity index (χ0v) is 19.4. The van der Waals surface area contributed by atoms with Crippen molar-refractivity contribution in [1.82, 2.24) is 15.0 Å². The van der Waals surface area contributed by atoms with Gasteiger partial charge in [0.15, 0.2) is 5.82 Å². The van der Waals surface area contributed by atoms with Crippen molar-refractivity contribution in [2.45, 2.75) is 31.8 Å². The number of aliphatic hydroxyl groups is 1. The molecule has 2 N–H and O–H groups in total. The topological polar surface area (TPSA) is 91.6 Å². The van der Waals surface area contributed by atoms with E-state index in [9.17, 15) is 23.4 Å². The molecule has 36 heavy (non-hydrogen) atoms. The summed E-state index contributed by atoms with van der Waals surface area (Å²) in [5.41, 5.74) is 0.0182. The lowest BCUT2D eigenvalue weighted by atomic mass is 9.94. The van der Waals surface area contributed by atoms with Gasteiger partial charge in [0.25, 0.3) is 5.92 Å². The first kappa shape index (κ1) is 24.0. The normalized spacial score (nSPS) is 17.6. The third-order valence-electron chi connectivity index (χ3n) is 6.27. The number of methoxy groups -OCH3 is 1. The van der Waals surface area contributed by atoms with Crippen LogP contribution in [0.2, 0.25) is 0 Å². The van der Waals surface area contributed by atoms with Gasteiger partial charge in [0, 0.05) is 24.7 Å². The summed E-state index contributed by atoms with van der Waals surface area (Å²) >= 11 is 0. The van der Waals surface area contributed by atoms with E-state index in [-0.39, 0.29) is 46.3 Å². The number of benzene rings is 2. The van der Waals surface area contributed by atoms with E-state index in [1.165, 1.54) is 37.6 Å². The summed E-state index contributed by atoms with van der Waals surface area (Å²) in [6.45, 7) is 0.870. The lowest BCUT2D eigenvalue weighted by molar-refractivity contribution is -0.0531. The van der Waals surface area contributed by atoms with Gasteiger partial charge < -0.3 is 19.8 Å². The standard InChI is InChI=1S/C25H22F4N4O3/c1-3-15-18(26)5-4-12-6-13(34)7-16(19(12)15)21-20(27)22-17(9-30-21)23(32-24(31-22)36-2)33-10-14(35)8-25(28,29)11-33/h4-7,9,14,34-35H,3,8,10-11H2,1-2H3. The van der Waals surface area contributed by atoms with Crippen LogP contribution in [0.4, 0.5) is 23.4 Å². The van der Waals surface area contributed by atoms with Crippen LogP contribution in [0.15, 0.2) is 30.5 Å². The number of aromatic nitrogens is 3. The Morgan fingerprint density at radius 1 is 1.19 bits per heavy atom. The summed E-state index contributed by atoms with van der Waals surface area (Å²) in [5.74, 6) is -4.81. The number of β-amino-alcohol motifs (C(OH)–C–C–N with tert-alkyl or cyclic N) is 1. The van der Waals surface area contributed by atoms with Gasteiger partial charge in [0.05, 0.1) is 25.1 Å². The van der Waals surface area contributed by atoms with Crippen LogP contribution in [0.1, 0.15) is 18.9 Å². The molecule has 5 rings (SSSR count). The number of hydrogen-bond donors (Lipinski definition) is 2. The maximum absolute atomic E-state index is 16.0. The van der Waals surface area contributed by atoms with Crippen molar-refractivity contribution in [3.63, 3.8) is 0 Å². The largest absolute Gasteiger partial charge is 0.508 e. The number of pyridine rings is 1. The van der Waals surface area contributed by atoms with Crippen molar-refractivity contribution < 1.29 is 32.5 Å². The highest BCUT2D eigenvalue weighted by molar-refractivity contribution is 6.01. The first-order chi connectivity index (χ1) is 17.1. The molecule has 2 aromatic heterocycles. The summed E-state index contributed by atoms with van der Waals surface area (Å²) < 4.78 is 64.2. The SMILES string of the molecule is CCc1c(F)ccc2cc(O)cc(-c3ncc4c(N5CC(O)CC(F)(F)C5)nc(OC)nc4c3F)c12. The number of rotatable bonds is 4. The molecule has 1 aliphatic rings. The average Bonchev–Trinajstić information content (AvgIpc) is 2.82. The number of alkyl halides is 2. The molecule has 1 saturated heterocycles. The van der Waals surface area contributed by atoms with Gasteiger partial charge in [-0.1, -0.05) is 13.0 Å². The maximum atomic E-state index is 16.0. The lowest BCUT2D eigenvalue weighted by Crippen LogP contribution is -2.49. The van der Waals surface area contributed by atoms with Crippen molar-refractivity contribution in [2.75, 3.05) is 25.1 Å². The average molecular weight is 502 g/mol. The smallest absolute Gasteiger partial charge is 0.318 e. The van der Waals surface area contributed by atoms with Crippen molar-refractivity contribution in [3.05, 3.63) is 47.7 Å². The molecule has 11 heteroatoms. The molecule has 7 nitrogen and oxygen atoms in total. The molecule has 0 bridgehead atoms. The van der Waals surface area contributed by atoms with Crippen LogP contribution in [0.3, 0.4) is 0 Å². The van der Waals surface area contributed by atoms with Crippen molar-refractivity contribution in [3.8, 4) is 23.0 Å². The molecule has 0 radical (unpaired) electrons. The Morgan fingerprint density at radius 3 is 2.67 bits per heavy atom. The molecule has 4 aromatic rings. The van der Waals surface area contributed by atoms with Gasteiger partial charge in [-0.25, -0.2) is 17.6 Å². The molecule has 2 aromatic carbocycles. The molecule has 1 atom stereocenters. The minimum atomic E-state index is -3.19. The van der Waals surface area contributed by atoms with E-state index < -0.39 is 36.6 Å². The zero-order valence-electron chi connectivity index (χ0n) is 19.4. The van der Waals surface area contributed by atoms with Gasteiger partial charge in [-0.15, -0.1) is 0 Å². The minimum absolute atomic E-state index is 0.0355. The predicted octanol–water partition coefficient (Wildman–Crippen LogP) is 4.61. The van der Waals surface area contributed by atoms with E-state index >= 15 is 4.39 Å². The Balaban J connectivity index is 1.77. The summed E-state index contributed by atoms with van der Waals surface area (Å²) in [6.07, 6.45) is -0.464. The Hall–Kier alpha value is -3.73. The first-order valence-corrected chi connectivity index (χ1v) is 11.3. The summed E-state index contributed by atoms with van der Waals surface area (Å²) in [7, 11) is 1.25. The second-order valence-corrected chi connectivity index (χ2v) is 8.78. The van der Waals surface area contributed by atoms with Crippen LogP contribution < -0.4 is 9.64 Å². The number of phenols is 1. The van der Waals surface area contributed by atoms with Crippen LogP contribution in [0.5, 0.6) is 11.8 Å². The Kier molecular flexibility index (Phi) is 5.82. The minimum Gasteiger partial charge on any atom is -0.508 e. The predicted molar refractivity (Wildman–Crippen MR) is 126 cm³/mol. The molecular formula is C25H22F4N4O3. The van der Waals surface area contributed by atoms with Crippen LogP contribution in [-0.4, -0.2) is 57.4 Å². The number of aromatic hydroxyl groups is 1. The van der Waals surface area contributed by atoms with Gasteiger partial charge in [0.2, 0.25) is 0 Å². The van der Waals surface area contributed by atoms with E-state index in [1.807, 2.05) is 0 Å². The van der Waals surface area contributed by atoms with Gasteiger partial charge in [-0.2, -0.15) is 9.97 Å². The third-order valence-corrected chi connectivity index (χ3v) is 6.27. The molecule has 3 heterocycles. The molecule has 0 spiro atoms. The third kappa shape index (κ3) is 4.02. The summed E-state index contributed by atoms with van der Waals surface area (Å²) in [4.78, 5) is 13.6.